The Labute approximate surface area is 143 Å². The van der Waals surface area contributed by atoms with Gasteiger partial charge in [-0.3, -0.25) is 0 Å². The van der Waals surface area contributed by atoms with Crippen LogP contribution in [0.4, 0.5) is 5.69 Å². The molecule has 0 saturated carbocycles. The van der Waals surface area contributed by atoms with Crippen LogP contribution in [0.1, 0.15) is 10.7 Å². The number of nitrogens with two attached hydrogens (primary N) is 1. The van der Waals surface area contributed by atoms with Gasteiger partial charge < -0.3 is 15.2 Å². The highest BCUT2D eigenvalue weighted by atomic mass is 32.1. The molecule has 2 heterocycles. The van der Waals surface area contributed by atoms with E-state index in [9.17, 15) is 0 Å². The van der Waals surface area contributed by atoms with Gasteiger partial charge >= 0.3 is 0 Å². The minimum atomic E-state index is 0.365. The number of benzene rings is 1. The number of hydrogen-bond donors (Lipinski definition) is 1. The average molecular weight is 345 g/mol. The van der Waals surface area contributed by atoms with Crippen LogP contribution in [0.2, 0.25) is 0 Å². The number of thiophene rings is 1. The van der Waals surface area contributed by atoms with Crippen molar-refractivity contribution < 1.29 is 9.47 Å². The molecule has 0 radical (unpaired) electrons. The first kappa shape index (κ1) is 15.6. The third kappa shape index (κ3) is 2.73. The predicted octanol–water partition coefficient (Wildman–Crippen LogP) is 3.58. The van der Waals surface area contributed by atoms with Crippen LogP contribution < -0.4 is 10.5 Å². The summed E-state index contributed by atoms with van der Waals surface area (Å²) in [6, 6.07) is 7.68. The zero-order valence-electron chi connectivity index (χ0n) is 12.9. The Balaban J connectivity index is 2.26. The van der Waals surface area contributed by atoms with Crippen molar-refractivity contribution >= 4 is 44.5 Å². The van der Waals surface area contributed by atoms with Gasteiger partial charge in [-0.05, 0) is 43.4 Å². The number of thiocarbonyl (C=S) groups is 1. The summed E-state index contributed by atoms with van der Waals surface area (Å²) in [4.78, 5) is 10.6. The largest absolute Gasteiger partial charge is 0.497 e. The number of methoxy groups -OCH3 is 2. The van der Waals surface area contributed by atoms with Crippen LogP contribution in [0.5, 0.6) is 5.75 Å². The van der Waals surface area contributed by atoms with Gasteiger partial charge in [0.05, 0.1) is 31.0 Å². The van der Waals surface area contributed by atoms with E-state index in [4.69, 9.17) is 27.4 Å². The molecular weight excluding hydrogens is 330 g/mol. The first-order valence-electron chi connectivity index (χ1n) is 6.84. The van der Waals surface area contributed by atoms with Crippen LogP contribution in [-0.4, -0.2) is 29.2 Å². The van der Waals surface area contributed by atoms with E-state index in [-0.39, 0.29) is 0 Å². The molecule has 118 valence electrons. The number of aryl methyl sites for hydroxylation is 1. The summed E-state index contributed by atoms with van der Waals surface area (Å²) < 4.78 is 10.4. The molecule has 0 aliphatic rings. The maximum absolute atomic E-state index is 6.30. The zero-order valence-corrected chi connectivity index (χ0v) is 14.5. The van der Waals surface area contributed by atoms with Crippen LogP contribution in [-0.2, 0) is 4.74 Å². The maximum atomic E-state index is 6.30. The van der Waals surface area contributed by atoms with Crippen molar-refractivity contribution in [1.29, 1.82) is 0 Å². The molecule has 3 rings (SSSR count). The van der Waals surface area contributed by atoms with Crippen molar-refractivity contribution in [2.45, 2.75) is 6.92 Å². The van der Waals surface area contributed by atoms with Gasteiger partial charge in [0.2, 0.25) is 5.05 Å². The van der Waals surface area contributed by atoms with E-state index in [1.54, 1.807) is 7.11 Å². The Bertz CT molecular complexity index is 888. The average Bonchev–Trinajstić information content (AvgIpc) is 2.90. The van der Waals surface area contributed by atoms with Crippen molar-refractivity contribution in [3.63, 3.8) is 0 Å². The standard InChI is InChI=1S/C16H15N3O2S2/c1-8-18-13(9-4-6-10(20-2)7-5-9)11-12(17)14(16(22)21-3)23-15(11)19-8/h4-7H,17H2,1-3H3. The molecular formula is C16H15N3O2S2. The molecule has 3 aromatic rings. The molecule has 7 heteroatoms. The van der Waals surface area contributed by atoms with E-state index in [2.05, 4.69) is 9.97 Å². The van der Waals surface area contributed by atoms with E-state index < -0.39 is 0 Å². The van der Waals surface area contributed by atoms with Gasteiger partial charge in [-0.1, -0.05) is 0 Å². The number of nitrogen functional groups attached to an aromatic ring is 1. The highest BCUT2D eigenvalue weighted by Gasteiger charge is 2.20. The summed E-state index contributed by atoms with van der Waals surface area (Å²) >= 11 is 6.64. The number of hydrogen-bond acceptors (Lipinski definition) is 7. The molecule has 2 N–H and O–H groups in total. The number of anilines is 1. The Morgan fingerprint density at radius 2 is 1.87 bits per heavy atom. The molecule has 2 aromatic heterocycles. The minimum absolute atomic E-state index is 0.365. The van der Waals surface area contributed by atoms with Crippen molar-refractivity contribution in [1.82, 2.24) is 9.97 Å². The molecule has 0 unspecified atom stereocenters. The Morgan fingerprint density at radius 3 is 2.48 bits per heavy atom. The summed E-state index contributed by atoms with van der Waals surface area (Å²) in [6.45, 7) is 1.86. The lowest BCUT2D eigenvalue weighted by atomic mass is 10.1. The molecule has 0 aliphatic heterocycles. The van der Waals surface area contributed by atoms with Crippen LogP contribution in [0.3, 0.4) is 0 Å². The summed E-state index contributed by atoms with van der Waals surface area (Å²) in [7, 11) is 3.17. The molecule has 0 saturated heterocycles. The lowest BCUT2D eigenvalue weighted by Gasteiger charge is -2.07. The van der Waals surface area contributed by atoms with Crippen LogP contribution in [0, 0.1) is 6.92 Å². The van der Waals surface area contributed by atoms with Gasteiger partial charge in [-0.15, -0.1) is 11.3 Å². The smallest absolute Gasteiger partial charge is 0.203 e. The minimum Gasteiger partial charge on any atom is -0.497 e. The molecule has 0 amide bonds. The molecule has 0 bridgehead atoms. The summed E-state index contributed by atoms with van der Waals surface area (Å²) in [5.41, 5.74) is 8.59. The van der Waals surface area contributed by atoms with Crippen molar-refractivity contribution in [3.8, 4) is 17.0 Å². The van der Waals surface area contributed by atoms with E-state index >= 15 is 0 Å². The van der Waals surface area contributed by atoms with Gasteiger partial charge in [0.25, 0.3) is 0 Å². The molecule has 1 aromatic carbocycles. The fraction of sp³-hybridized carbons (Fsp3) is 0.188. The number of ether oxygens (including phenoxy) is 2. The topological polar surface area (TPSA) is 70.3 Å². The molecule has 0 aliphatic carbocycles. The van der Waals surface area contributed by atoms with Gasteiger partial charge in [0.15, 0.2) is 0 Å². The summed E-state index contributed by atoms with van der Waals surface area (Å²) in [5.74, 6) is 1.47. The summed E-state index contributed by atoms with van der Waals surface area (Å²) in [6.07, 6.45) is 0. The number of fused-ring (bicyclic) bond motifs is 1. The highest BCUT2D eigenvalue weighted by Crippen LogP contribution is 2.39. The zero-order chi connectivity index (χ0) is 16.6. The quantitative estimate of drug-likeness (QED) is 0.732. The molecule has 5 nitrogen and oxygen atoms in total. The lowest BCUT2D eigenvalue weighted by molar-refractivity contribution is 0.415. The lowest BCUT2D eigenvalue weighted by Crippen LogP contribution is -2.00. The summed E-state index contributed by atoms with van der Waals surface area (Å²) in [5, 5.41) is 1.17. The van der Waals surface area contributed by atoms with Gasteiger partial charge in [-0.2, -0.15) is 0 Å². The van der Waals surface area contributed by atoms with E-state index in [0.29, 0.717) is 21.4 Å². The Kier molecular flexibility index (Phi) is 4.14. The fourth-order valence-corrected chi connectivity index (χ4v) is 3.62. The predicted molar refractivity (Wildman–Crippen MR) is 97.3 cm³/mol. The Morgan fingerprint density at radius 1 is 1.17 bits per heavy atom. The van der Waals surface area contributed by atoms with Crippen molar-refractivity contribution in [2.24, 2.45) is 0 Å². The first-order chi connectivity index (χ1) is 11.0. The molecule has 0 fully saturated rings. The number of rotatable bonds is 3. The van der Waals surface area contributed by atoms with Gasteiger partial charge in [0, 0.05) is 5.56 Å². The van der Waals surface area contributed by atoms with Crippen LogP contribution in [0.25, 0.3) is 21.5 Å². The second kappa shape index (κ2) is 6.10. The monoisotopic (exact) mass is 345 g/mol. The highest BCUT2D eigenvalue weighted by molar-refractivity contribution is 7.81. The van der Waals surface area contributed by atoms with E-state index in [1.165, 1.54) is 18.4 Å². The molecule has 0 atom stereocenters. The Hall–Kier alpha value is -2.25. The maximum Gasteiger partial charge on any atom is 0.203 e. The van der Waals surface area contributed by atoms with E-state index in [1.807, 2.05) is 31.2 Å². The first-order valence-corrected chi connectivity index (χ1v) is 8.07. The molecule has 0 spiro atoms. The third-order valence-corrected chi connectivity index (χ3v) is 5.03. The number of nitrogens with zero attached hydrogens (tertiary/aromatic N) is 2. The SMILES string of the molecule is COC(=S)c1sc2nc(C)nc(-c3ccc(OC)cc3)c2c1N. The normalized spacial score (nSPS) is 10.7. The number of aromatic nitrogens is 2. The van der Waals surface area contributed by atoms with Crippen LogP contribution in [0.15, 0.2) is 24.3 Å². The second-order valence-corrected chi connectivity index (χ2v) is 6.23. The van der Waals surface area contributed by atoms with E-state index in [0.717, 1.165) is 27.2 Å². The van der Waals surface area contributed by atoms with Crippen LogP contribution >= 0.6 is 23.6 Å². The third-order valence-electron chi connectivity index (χ3n) is 3.43. The van der Waals surface area contributed by atoms with Gasteiger partial charge in [0.1, 0.15) is 21.3 Å². The van der Waals surface area contributed by atoms with Gasteiger partial charge in [-0.25, -0.2) is 9.97 Å². The second-order valence-electron chi connectivity index (χ2n) is 4.86. The van der Waals surface area contributed by atoms with Crippen molar-refractivity contribution in [3.05, 3.63) is 35.0 Å². The van der Waals surface area contributed by atoms with Crippen molar-refractivity contribution in [2.75, 3.05) is 20.0 Å². The molecule has 23 heavy (non-hydrogen) atoms. The fourth-order valence-electron chi connectivity index (χ4n) is 2.33.